The van der Waals surface area contributed by atoms with Gasteiger partial charge in [-0.2, -0.15) is 0 Å². The average Bonchev–Trinajstić information content (AvgIpc) is 2.16. The first-order chi connectivity index (χ1) is 6.41. The van der Waals surface area contributed by atoms with Crippen molar-refractivity contribution in [2.24, 2.45) is 0 Å². The average molecular weight is 180 g/mol. The fourth-order valence-corrected chi connectivity index (χ4v) is 0.892. The molecule has 0 saturated heterocycles. The molecule has 0 aromatic carbocycles. The molecule has 0 unspecified atom stereocenters. The summed E-state index contributed by atoms with van der Waals surface area (Å²) in [5.41, 5.74) is 0. The van der Waals surface area contributed by atoms with Gasteiger partial charge in [-0.05, 0) is 25.7 Å². The summed E-state index contributed by atoms with van der Waals surface area (Å²) in [6.07, 6.45) is 16.6. The van der Waals surface area contributed by atoms with Gasteiger partial charge in [-0.15, -0.1) is 0 Å². The van der Waals surface area contributed by atoms with Gasteiger partial charge in [0.05, 0.1) is 0 Å². The van der Waals surface area contributed by atoms with Gasteiger partial charge < -0.3 is 5.11 Å². The van der Waals surface area contributed by atoms with Crippen LogP contribution in [0.2, 0.25) is 0 Å². The van der Waals surface area contributed by atoms with E-state index < -0.39 is 0 Å². The third-order valence-corrected chi connectivity index (χ3v) is 1.58. The van der Waals surface area contributed by atoms with Gasteiger partial charge in [-0.25, -0.2) is 0 Å². The normalized spacial score (nSPS) is 12.5. The molecule has 1 nitrogen and oxygen atoms in total. The minimum atomic E-state index is 0.256. The van der Waals surface area contributed by atoms with Gasteiger partial charge in [0.15, 0.2) is 0 Å². The topological polar surface area (TPSA) is 20.2 Å². The highest BCUT2D eigenvalue weighted by atomic mass is 16.2. The van der Waals surface area contributed by atoms with Gasteiger partial charge >= 0.3 is 0 Å². The van der Waals surface area contributed by atoms with Crippen LogP contribution in [0.5, 0.6) is 0 Å². The van der Waals surface area contributed by atoms with Gasteiger partial charge in [0.1, 0.15) is 0 Å². The minimum absolute atomic E-state index is 0.256. The van der Waals surface area contributed by atoms with Gasteiger partial charge in [0, 0.05) is 6.61 Å². The first-order valence-corrected chi connectivity index (χ1v) is 4.99. The Bertz CT molecular complexity index is 166. The van der Waals surface area contributed by atoms with E-state index >= 15 is 0 Å². The lowest BCUT2D eigenvalue weighted by atomic mass is 10.2. The second kappa shape index (κ2) is 11.2. The first kappa shape index (κ1) is 12.2. The maximum Gasteiger partial charge on any atom is 0.0465 e. The van der Waals surface area contributed by atoms with Crippen LogP contribution in [0.15, 0.2) is 36.5 Å². The molecule has 0 bridgehead atoms. The molecule has 0 radical (unpaired) electrons. The van der Waals surface area contributed by atoms with Crippen molar-refractivity contribution in [2.45, 2.75) is 32.6 Å². The van der Waals surface area contributed by atoms with Crippen molar-refractivity contribution in [1.29, 1.82) is 0 Å². The maximum absolute atomic E-state index is 8.49. The molecule has 1 N–H and O–H groups in total. The molecule has 0 fully saturated rings. The van der Waals surface area contributed by atoms with Crippen molar-refractivity contribution >= 4 is 0 Å². The third kappa shape index (κ3) is 11.2. The van der Waals surface area contributed by atoms with Crippen molar-refractivity contribution in [1.82, 2.24) is 0 Å². The summed E-state index contributed by atoms with van der Waals surface area (Å²) < 4.78 is 0. The molecule has 0 aromatic heterocycles. The van der Waals surface area contributed by atoms with Crippen molar-refractivity contribution in [3.8, 4) is 0 Å². The minimum Gasteiger partial charge on any atom is -0.396 e. The zero-order chi connectivity index (χ0) is 9.78. The lowest BCUT2D eigenvalue weighted by Crippen LogP contribution is -1.75. The Hall–Kier alpha value is -0.820. The summed E-state index contributed by atoms with van der Waals surface area (Å²) in [5, 5.41) is 8.49. The van der Waals surface area contributed by atoms with E-state index in [4.69, 9.17) is 5.11 Å². The van der Waals surface area contributed by atoms with Crippen LogP contribution in [0.4, 0.5) is 0 Å². The predicted molar refractivity (Wildman–Crippen MR) is 58.6 cm³/mol. The molecule has 0 aliphatic carbocycles. The van der Waals surface area contributed by atoms with Crippen molar-refractivity contribution in [3.63, 3.8) is 0 Å². The predicted octanol–water partition coefficient (Wildman–Crippen LogP) is 3.23. The van der Waals surface area contributed by atoms with Crippen molar-refractivity contribution in [3.05, 3.63) is 36.5 Å². The van der Waals surface area contributed by atoms with Gasteiger partial charge in [0.25, 0.3) is 0 Å². The molecule has 0 saturated carbocycles. The number of hydrogen-bond acceptors (Lipinski definition) is 1. The highest BCUT2D eigenvalue weighted by Gasteiger charge is 1.76. The molecule has 0 aliphatic rings. The Morgan fingerprint density at radius 2 is 1.46 bits per heavy atom. The number of aliphatic hydroxyl groups excluding tert-OH is 1. The Morgan fingerprint density at radius 3 is 2.15 bits per heavy atom. The molecule has 0 aromatic rings. The van der Waals surface area contributed by atoms with E-state index in [9.17, 15) is 0 Å². The molecule has 0 heterocycles. The molecular weight excluding hydrogens is 160 g/mol. The largest absolute Gasteiger partial charge is 0.396 e. The fourth-order valence-electron chi connectivity index (χ4n) is 0.892. The number of unbranched alkanes of at least 4 members (excludes halogenated alkanes) is 1. The molecule has 0 spiro atoms. The number of hydrogen-bond donors (Lipinski definition) is 1. The Kier molecular flexibility index (Phi) is 10.5. The Morgan fingerprint density at radius 1 is 0.846 bits per heavy atom. The smallest absolute Gasteiger partial charge is 0.0465 e. The number of rotatable bonds is 7. The van der Waals surface area contributed by atoms with Crippen LogP contribution in [-0.4, -0.2) is 11.7 Å². The molecule has 74 valence electrons. The van der Waals surface area contributed by atoms with E-state index in [0.717, 1.165) is 25.7 Å². The summed E-state index contributed by atoms with van der Waals surface area (Å²) in [5.74, 6) is 0. The number of allylic oxidation sites excluding steroid dienone is 5. The lowest BCUT2D eigenvalue weighted by Gasteiger charge is -1.86. The van der Waals surface area contributed by atoms with E-state index in [-0.39, 0.29) is 6.61 Å². The molecular formula is C12H20O. The van der Waals surface area contributed by atoms with Gasteiger partial charge in [-0.1, -0.05) is 43.4 Å². The quantitative estimate of drug-likeness (QED) is 0.362. The Balaban J connectivity index is 3.24. The second-order valence-corrected chi connectivity index (χ2v) is 2.83. The molecule has 0 aliphatic heterocycles. The zero-order valence-electron chi connectivity index (χ0n) is 8.45. The molecule has 1 heteroatoms. The van der Waals surface area contributed by atoms with E-state index in [2.05, 4.69) is 37.3 Å². The molecule has 0 amide bonds. The van der Waals surface area contributed by atoms with Crippen LogP contribution < -0.4 is 0 Å². The summed E-state index contributed by atoms with van der Waals surface area (Å²) in [6, 6.07) is 0. The first-order valence-electron chi connectivity index (χ1n) is 4.99. The standard InChI is InChI=1S/C12H20O/c1-2-3-4-5-6-7-8-9-10-11-12-13/h3-6,9-10,13H,2,7-8,11-12H2,1H3/b4-3+,6-5+,10-9+. The van der Waals surface area contributed by atoms with Crippen LogP contribution in [-0.2, 0) is 0 Å². The molecule has 0 rings (SSSR count). The summed E-state index contributed by atoms with van der Waals surface area (Å²) in [7, 11) is 0. The zero-order valence-corrected chi connectivity index (χ0v) is 8.45. The van der Waals surface area contributed by atoms with Crippen molar-refractivity contribution in [2.75, 3.05) is 6.61 Å². The monoisotopic (exact) mass is 180 g/mol. The highest BCUT2D eigenvalue weighted by molar-refractivity contribution is 5.02. The third-order valence-electron chi connectivity index (χ3n) is 1.58. The van der Waals surface area contributed by atoms with Gasteiger partial charge in [-0.3, -0.25) is 0 Å². The second-order valence-electron chi connectivity index (χ2n) is 2.83. The van der Waals surface area contributed by atoms with E-state index in [1.165, 1.54) is 0 Å². The summed E-state index contributed by atoms with van der Waals surface area (Å²) in [6.45, 7) is 2.38. The van der Waals surface area contributed by atoms with Crippen LogP contribution in [0, 0.1) is 0 Å². The van der Waals surface area contributed by atoms with Gasteiger partial charge in [0.2, 0.25) is 0 Å². The van der Waals surface area contributed by atoms with E-state index in [1.807, 2.05) is 6.08 Å². The summed E-state index contributed by atoms with van der Waals surface area (Å²) in [4.78, 5) is 0. The van der Waals surface area contributed by atoms with E-state index in [1.54, 1.807) is 0 Å². The SMILES string of the molecule is CC/C=C/C=C/CC/C=C/CCO. The Labute approximate surface area is 81.5 Å². The van der Waals surface area contributed by atoms with E-state index in [0.29, 0.717) is 0 Å². The molecule has 13 heavy (non-hydrogen) atoms. The fraction of sp³-hybridized carbons (Fsp3) is 0.500. The van der Waals surface area contributed by atoms with Crippen LogP contribution >= 0.6 is 0 Å². The summed E-state index contributed by atoms with van der Waals surface area (Å²) >= 11 is 0. The number of aliphatic hydroxyl groups is 1. The lowest BCUT2D eigenvalue weighted by molar-refractivity contribution is 0.302. The van der Waals surface area contributed by atoms with Crippen LogP contribution in [0.25, 0.3) is 0 Å². The van der Waals surface area contributed by atoms with Crippen LogP contribution in [0.3, 0.4) is 0 Å². The maximum atomic E-state index is 8.49. The van der Waals surface area contributed by atoms with Crippen LogP contribution in [0.1, 0.15) is 32.6 Å². The van der Waals surface area contributed by atoms with Crippen molar-refractivity contribution < 1.29 is 5.11 Å². The highest BCUT2D eigenvalue weighted by Crippen LogP contribution is 1.94. The molecule has 0 atom stereocenters.